The van der Waals surface area contributed by atoms with Crippen LogP contribution in [-0.4, -0.2) is 57.8 Å². The van der Waals surface area contributed by atoms with Crippen LogP contribution in [0.15, 0.2) is 0 Å². The Balaban J connectivity index is 1.73. The van der Waals surface area contributed by atoms with Gasteiger partial charge in [0.15, 0.2) is 17.0 Å². The van der Waals surface area contributed by atoms with E-state index in [1.54, 1.807) is 7.11 Å². The molecule has 3 heterocycles. The molecule has 3 rings (SSSR count). The van der Waals surface area contributed by atoms with Crippen LogP contribution in [0.4, 0.5) is 5.82 Å². The number of rotatable bonds is 10. The number of ether oxygens (including phenoxy) is 2. The number of hydrogen-bond acceptors (Lipinski definition) is 7. The summed E-state index contributed by atoms with van der Waals surface area (Å²) in [4.78, 5) is 15.6. The summed E-state index contributed by atoms with van der Waals surface area (Å²) in [5, 5.41) is 0. The maximum Gasteiger partial charge on any atom is 0.320 e. The Bertz CT molecular complexity index is 698. The summed E-state index contributed by atoms with van der Waals surface area (Å²) in [5.74, 6) is 0.328. The van der Waals surface area contributed by atoms with Crippen molar-refractivity contribution < 1.29 is 9.47 Å². The van der Waals surface area contributed by atoms with Crippen LogP contribution in [0.3, 0.4) is 0 Å². The van der Waals surface area contributed by atoms with Gasteiger partial charge in [0.05, 0.1) is 13.7 Å². The largest absolute Gasteiger partial charge is 0.468 e. The molecule has 0 aliphatic carbocycles. The van der Waals surface area contributed by atoms with E-state index >= 15 is 0 Å². The second-order valence-corrected chi connectivity index (χ2v) is 6.42. The molecule has 1 saturated heterocycles. The van der Waals surface area contributed by atoms with E-state index in [1.807, 2.05) is 4.57 Å². The third kappa shape index (κ3) is 4.12. The number of nitrogen functional groups attached to an aromatic ring is 1. The molecule has 25 heavy (non-hydrogen) atoms. The van der Waals surface area contributed by atoms with Gasteiger partial charge < -0.3 is 20.1 Å². The smallest absolute Gasteiger partial charge is 0.320 e. The predicted molar refractivity (Wildman–Crippen MR) is 97.0 cm³/mol. The standard InChI is InChI=1S/C17H28N6O2/c1-3-4-12-25-16-20-14(18)13-15(21-16)23(17(19-13)24-2)11-6-5-8-22-9-7-10-22/h3-12H2,1-2H3,(H2,18,20,21). The Hall–Kier alpha value is -2.09. The van der Waals surface area contributed by atoms with E-state index in [4.69, 9.17) is 15.2 Å². The van der Waals surface area contributed by atoms with Crippen LogP contribution in [-0.2, 0) is 6.54 Å². The molecular formula is C17H28N6O2. The van der Waals surface area contributed by atoms with Crippen molar-refractivity contribution in [1.29, 1.82) is 0 Å². The highest BCUT2D eigenvalue weighted by atomic mass is 16.5. The summed E-state index contributed by atoms with van der Waals surface area (Å²) in [6.07, 6.45) is 5.52. The first-order valence-corrected chi connectivity index (χ1v) is 9.15. The summed E-state index contributed by atoms with van der Waals surface area (Å²) in [6, 6.07) is 0.827. The number of hydrogen-bond donors (Lipinski definition) is 1. The minimum Gasteiger partial charge on any atom is -0.468 e. The van der Waals surface area contributed by atoms with Crippen molar-refractivity contribution in [1.82, 2.24) is 24.4 Å². The Kier molecular flexibility index (Phi) is 5.91. The predicted octanol–water partition coefficient (Wildman–Crippen LogP) is 2.08. The second-order valence-electron chi connectivity index (χ2n) is 6.42. The van der Waals surface area contributed by atoms with E-state index in [1.165, 1.54) is 19.5 Å². The number of anilines is 1. The number of aryl methyl sites for hydroxylation is 1. The number of fused-ring (bicyclic) bond motifs is 1. The zero-order valence-corrected chi connectivity index (χ0v) is 15.2. The first-order chi connectivity index (χ1) is 12.2. The molecule has 0 radical (unpaired) electrons. The molecular weight excluding hydrogens is 320 g/mol. The number of nitrogens with two attached hydrogens (primary N) is 1. The van der Waals surface area contributed by atoms with Gasteiger partial charge in [0.1, 0.15) is 0 Å². The van der Waals surface area contributed by atoms with E-state index in [-0.39, 0.29) is 0 Å². The summed E-state index contributed by atoms with van der Waals surface area (Å²) in [5.41, 5.74) is 7.30. The van der Waals surface area contributed by atoms with Crippen LogP contribution in [0.5, 0.6) is 12.0 Å². The molecule has 0 spiro atoms. The Labute approximate surface area is 148 Å². The quantitative estimate of drug-likeness (QED) is 0.657. The molecule has 0 unspecified atom stereocenters. The van der Waals surface area contributed by atoms with Gasteiger partial charge in [-0.1, -0.05) is 13.3 Å². The van der Waals surface area contributed by atoms with Crippen LogP contribution < -0.4 is 15.2 Å². The fourth-order valence-electron chi connectivity index (χ4n) is 2.92. The summed E-state index contributed by atoms with van der Waals surface area (Å²) >= 11 is 0. The molecule has 138 valence electrons. The van der Waals surface area contributed by atoms with Crippen LogP contribution in [0.25, 0.3) is 11.2 Å². The van der Waals surface area contributed by atoms with E-state index in [0.717, 1.165) is 38.8 Å². The van der Waals surface area contributed by atoms with Gasteiger partial charge in [-0.3, -0.25) is 4.57 Å². The van der Waals surface area contributed by atoms with Crippen molar-refractivity contribution in [2.45, 2.75) is 45.6 Å². The summed E-state index contributed by atoms with van der Waals surface area (Å²) < 4.78 is 13.0. The van der Waals surface area contributed by atoms with E-state index in [0.29, 0.717) is 35.6 Å². The lowest BCUT2D eigenvalue weighted by Gasteiger charge is -2.30. The molecule has 2 N–H and O–H groups in total. The molecule has 0 atom stereocenters. The van der Waals surface area contributed by atoms with Crippen molar-refractivity contribution in [3.8, 4) is 12.0 Å². The molecule has 0 bridgehead atoms. The third-order valence-electron chi connectivity index (χ3n) is 4.53. The fraction of sp³-hybridized carbons (Fsp3) is 0.706. The number of aromatic nitrogens is 4. The number of unbranched alkanes of at least 4 members (excludes halogenated alkanes) is 2. The average molecular weight is 348 g/mol. The van der Waals surface area contributed by atoms with Crippen molar-refractivity contribution in [3.63, 3.8) is 0 Å². The molecule has 0 aromatic carbocycles. The zero-order valence-electron chi connectivity index (χ0n) is 15.2. The number of likely N-dealkylation sites (tertiary alicyclic amines) is 1. The highest BCUT2D eigenvalue weighted by Gasteiger charge is 2.18. The highest BCUT2D eigenvalue weighted by molar-refractivity contribution is 5.83. The van der Waals surface area contributed by atoms with E-state index < -0.39 is 0 Å². The van der Waals surface area contributed by atoms with Crippen molar-refractivity contribution in [2.75, 3.05) is 39.1 Å². The normalized spacial score (nSPS) is 14.6. The van der Waals surface area contributed by atoms with E-state index in [2.05, 4.69) is 26.8 Å². The molecule has 2 aromatic heterocycles. The van der Waals surface area contributed by atoms with Crippen molar-refractivity contribution >= 4 is 17.0 Å². The monoisotopic (exact) mass is 348 g/mol. The molecule has 0 amide bonds. The lowest BCUT2D eigenvalue weighted by molar-refractivity contribution is 0.177. The van der Waals surface area contributed by atoms with Gasteiger partial charge in [0.2, 0.25) is 0 Å². The average Bonchev–Trinajstić information content (AvgIpc) is 2.92. The zero-order chi connectivity index (χ0) is 17.6. The molecule has 8 heteroatoms. The minimum atomic E-state index is 0.308. The first-order valence-electron chi connectivity index (χ1n) is 9.15. The summed E-state index contributed by atoms with van der Waals surface area (Å²) in [7, 11) is 1.61. The second kappa shape index (κ2) is 8.33. The maximum atomic E-state index is 6.05. The Morgan fingerprint density at radius 2 is 1.88 bits per heavy atom. The van der Waals surface area contributed by atoms with Gasteiger partial charge in [0, 0.05) is 6.54 Å². The van der Waals surface area contributed by atoms with Crippen LogP contribution in [0.1, 0.15) is 39.0 Å². The Morgan fingerprint density at radius 3 is 2.56 bits per heavy atom. The third-order valence-corrected chi connectivity index (χ3v) is 4.53. The lowest BCUT2D eigenvalue weighted by atomic mass is 10.2. The van der Waals surface area contributed by atoms with Crippen LogP contribution in [0, 0.1) is 0 Å². The maximum absolute atomic E-state index is 6.05. The van der Waals surface area contributed by atoms with Crippen molar-refractivity contribution in [2.24, 2.45) is 0 Å². The fourth-order valence-corrected chi connectivity index (χ4v) is 2.92. The first kappa shape index (κ1) is 17.7. The van der Waals surface area contributed by atoms with Gasteiger partial charge in [-0.25, -0.2) is 0 Å². The van der Waals surface area contributed by atoms with Gasteiger partial charge in [0.25, 0.3) is 6.01 Å². The molecule has 1 fully saturated rings. The minimum absolute atomic E-state index is 0.308. The van der Waals surface area contributed by atoms with Crippen LogP contribution in [0.2, 0.25) is 0 Å². The molecule has 2 aromatic rings. The highest BCUT2D eigenvalue weighted by Crippen LogP contribution is 2.26. The molecule has 8 nitrogen and oxygen atoms in total. The molecule has 1 aliphatic rings. The van der Waals surface area contributed by atoms with Crippen LogP contribution >= 0.6 is 0 Å². The van der Waals surface area contributed by atoms with Gasteiger partial charge in [-0.05, 0) is 45.3 Å². The Morgan fingerprint density at radius 1 is 1.08 bits per heavy atom. The molecule has 0 saturated carbocycles. The topological polar surface area (TPSA) is 91.3 Å². The van der Waals surface area contributed by atoms with E-state index in [9.17, 15) is 0 Å². The van der Waals surface area contributed by atoms with Crippen molar-refractivity contribution in [3.05, 3.63) is 0 Å². The SMILES string of the molecule is CCCCOc1nc(N)c2nc(OC)n(CCCCN3CCC3)c2n1. The number of methoxy groups -OCH3 is 1. The number of nitrogens with zero attached hydrogens (tertiary/aromatic N) is 5. The van der Waals surface area contributed by atoms with Gasteiger partial charge >= 0.3 is 6.01 Å². The van der Waals surface area contributed by atoms with Gasteiger partial charge in [-0.2, -0.15) is 15.0 Å². The summed E-state index contributed by atoms with van der Waals surface area (Å²) in [6.45, 7) is 7.11. The number of imidazole rings is 1. The van der Waals surface area contributed by atoms with Gasteiger partial charge in [-0.15, -0.1) is 0 Å². The lowest BCUT2D eigenvalue weighted by Crippen LogP contribution is -2.37. The molecule has 1 aliphatic heterocycles.